The van der Waals surface area contributed by atoms with Crippen molar-refractivity contribution in [3.63, 3.8) is 0 Å². The van der Waals surface area contributed by atoms with Gasteiger partial charge in [0.15, 0.2) is 0 Å². The number of imidazole rings is 1. The number of nitrogen functional groups attached to an aromatic ring is 1. The van der Waals surface area contributed by atoms with Crippen LogP contribution in [-0.2, 0) is 6.42 Å². The first-order chi connectivity index (χ1) is 17.6. The Balaban J connectivity index is 1.45. The van der Waals surface area contributed by atoms with Crippen LogP contribution < -0.4 is 20.1 Å². The fraction of sp³-hybridized carbons (Fsp3) is 0.240. The SMILES string of the molecule is COc1cc(N(C)c2nc(N)c3c(n2)C(c2ccc(OC(F)(F)F)cc2)CC3)ccc1-n1cnc(Cl)c1. The van der Waals surface area contributed by atoms with E-state index in [2.05, 4.69) is 14.7 Å². The maximum atomic E-state index is 12.5. The van der Waals surface area contributed by atoms with Crippen molar-refractivity contribution in [1.29, 1.82) is 0 Å². The molecular weight excluding hydrogens is 509 g/mol. The zero-order chi connectivity index (χ0) is 26.3. The van der Waals surface area contributed by atoms with Crippen molar-refractivity contribution in [2.75, 3.05) is 24.8 Å². The number of methoxy groups -OCH3 is 1. The van der Waals surface area contributed by atoms with Crippen molar-refractivity contribution in [3.8, 4) is 17.2 Å². The van der Waals surface area contributed by atoms with Crippen LogP contribution in [0.2, 0.25) is 5.15 Å². The minimum absolute atomic E-state index is 0.129. The Kier molecular flexibility index (Phi) is 6.32. The molecule has 2 N–H and O–H groups in total. The van der Waals surface area contributed by atoms with Crippen molar-refractivity contribution in [1.82, 2.24) is 19.5 Å². The number of hydrogen-bond acceptors (Lipinski definition) is 7. The number of halogens is 4. The van der Waals surface area contributed by atoms with E-state index in [-0.39, 0.29) is 11.7 Å². The minimum Gasteiger partial charge on any atom is -0.494 e. The van der Waals surface area contributed by atoms with Crippen molar-refractivity contribution in [2.24, 2.45) is 0 Å². The Morgan fingerprint density at radius 3 is 2.54 bits per heavy atom. The fourth-order valence-electron chi connectivity index (χ4n) is 4.49. The highest BCUT2D eigenvalue weighted by atomic mass is 35.5. The molecule has 0 fully saturated rings. The maximum Gasteiger partial charge on any atom is 0.573 e. The molecule has 0 amide bonds. The number of anilines is 3. The van der Waals surface area contributed by atoms with Gasteiger partial charge in [-0.25, -0.2) is 9.97 Å². The van der Waals surface area contributed by atoms with Crippen LogP contribution >= 0.6 is 11.6 Å². The first kappa shape index (κ1) is 24.7. The summed E-state index contributed by atoms with van der Waals surface area (Å²) in [6.07, 6.45) is -0.0797. The molecule has 37 heavy (non-hydrogen) atoms. The quantitative estimate of drug-likeness (QED) is 0.344. The molecule has 2 aromatic heterocycles. The number of rotatable bonds is 6. The molecule has 2 heterocycles. The average Bonchev–Trinajstić information content (AvgIpc) is 3.49. The summed E-state index contributed by atoms with van der Waals surface area (Å²) >= 11 is 5.96. The lowest BCUT2D eigenvalue weighted by Crippen LogP contribution is -2.17. The van der Waals surface area contributed by atoms with Crippen molar-refractivity contribution < 1.29 is 22.6 Å². The number of benzene rings is 2. The summed E-state index contributed by atoms with van der Waals surface area (Å²) in [4.78, 5) is 15.2. The molecule has 2 aromatic carbocycles. The molecule has 0 spiro atoms. The van der Waals surface area contributed by atoms with Gasteiger partial charge in [0.25, 0.3) is 0 Å². The van der Waals surface area contributed by atoms with E-state index >= 15 is 0 Å². The van der Waals surface area contributed by atoms with Crippen LogP contribution in [0.4, 0.5) is 30.6 Å². The second-order valence-electron chi connectivity index (χ2n) is 8.50. The third-order valence-corrected chi connectivity index (χ3v) is 6.46. The van der Waals surface area contributed by atoms with E-state index in [0.29, 0.717) is 29.1 Å². The lowest BCUT2D eigenvalue weighted by atomic mass is 9.96. The second-order valence-corrected chi connectivity index (χ2v) is 8.89. The van der Waals surface area contributed by atoms with Crippen molar-refractivity contribution in [2.45, 2.75) is 25.1 Å². The summed E-state index contributed by atoms with van der Waals surface area (Å²) in [7, 11) is 3.39. The summed E-state index contributed by atoms with van der Waals surface area (Å²) in [6, 6.07) is 11.4. The lowest BCUT2D eigenvalue weighted by Gasteiger charge is -2.21. The number of aromatic nitrogens is 4. The Bertz CT molecular complexity index is 1440. The van der Waals surface area contributed by atoms with E-state index in [4.69, 9.17) is 27.1 Å². The molecule has 192 valence electrons. The zero-order valence-corrected chi connectivity index (χ0v) is 20.6. The van der Waals surface area contributed by atoms with Gasteiger partial charge in [0, 0.05) is 36.5 Å². The van der Waals surface area contributed by atoms with Crippen LogP contribution in [-0.4, -0.2) is 40.0 Å². The van der Waals surface area contributed by atoms with E-state index in [1.165, 1.54) is 12.1 Å². The number of alkyl halides is 3. The summed E-state index contributed by atoms with van der Waals surface area (Å²) in [5.74, 6) is 0.956. The van der Waals surface area contributed by atoms with Gasteiger partial charge < -0.3 is 24.7 Å². The number of fused-ring (bicyclic) bond motifs is 1. The highest BCUT2D eigenvalue weighted by molar-refractivity contribution is 6.29. The maximum absolute atomic E-state index is 12.5. The van der Waals surface area contributed by atoms with Gasteiger partial charge in [-0.2, -0.15) is 4.98 Å². The van der Waals surface area contributed by atoms with E-state index < -0.39 is 6.36 Å². The monoisotopic (exact) mass is 530 g/mol. The van der Waals surface area contributed by atoms with Gasteiger partial charge in [-0.15, -0.1) is 13.2 Å². The number of nitrogens with zero attached hydrogens (tertiary/aromatic N) is 5. The third kappa shape index (κ3) is 4.99. The van der Waals surface area contributed by atoms with Gasteiger partial charge in [-0.05, 0) is 42.7 Å². The smallest absolute Gasteiger partial charge is 0.494 e. The van der Waals surface area contributed by atoms with E-state index in [1.54, 1.807) is 41.2 Å². The number of nitrogens with two attached hydrogens (primary N) is 1. The molecule has 0 saturated heterocycles. The van der Waals surface area contributed by atoms with Crippen LogP contribution in [0.5, 0.6) is 11.5 Å². The Morgan fingerprint density at radius 2 is 1.89 bits per heavy atom. The molecular formula is C25H22ClF3N6O2. The highest BCUT2D eigenvalue weighted by Crippen LogP contribution is 2.41. The predicted molar refractivity (Wildman–Crippen MR) is 133 cm³/mol. The molecule has 1 aliphatic rings. The molecule has 0 aliphatic heterocycles. The largest absolute Gasteiger partial charge is 0.573 e. The summed E-state index contributed by atoms with van der Waals surface area (Å²) in [5, 5.41) is 0.363. The van der Waals surface area contributed by atoms with Gasteiger partial charge >= 0.3 is 6.36 Å². The number of hydrogen-bond donors (Lipinski definition) is 1. The molecule has 0 saturated carbocycles. The van der Waals surface area contributed by atoms with Gasteiger partial charge in [0.05, 0.1) is 18.5 Å². The lowest BCUT2D eigenvalue weighted by molar-refractivity contribution is -0.274. The molecule has 4 aromatic rings. The van der Waals surface area contributed by atoms with Crippen LogP contribution in [0, 0.1) is 0 Å². The standard InChI is InChI=1S/C25H22ClF3N6O2/c1-34(15-5-10-19(20(11-15)36-2)35-12-21(26)31-13-35)24-32-22-17(8-9-18(22)23(30)33-24)14-3-6-16(7-4-14)37-25(27,28)29/h3-7,10-13,17H,8-9H2,1-2H3,(H2,30,32,33). The molecule has 12 heteroatoms. The topological polar surface area (TPSA) is 91.3 Å². The van der Waals surface area contributed by atoms with Crippen LogP contribution in [0.3, 0.4) is 0 Å². The Hall–Kier alpha value is -3.99. The average molecular weight is 531 g/mol. The van der Waals surface area contributed by atoms with Crippen LogP contribution in [0.25, 0.3) is 5.69 Å². The van der Waals surface area contributed by atoms with Gasteiger partial charge in [0.1, 0.15) is 28.8 Å². The first-order valence-electron chi connectivity index (χ1n) is 11.3. The minimum atomic E-state index is -4.74. The molecule has 8 nitrogen and oxygen atoms in total. The summed E-state index contributed by atoms with van der Waals surface area (Å²) in [5.41, 5.74) is 10.3. The van der Waals surface area contributed by atoms with Gasteiger partial charge in [0.2, 0.25) is 5.95 Å². The van der Waals surface area contributed by atoms with E-state index in [9.17, 15) is 13.2 Å². The van der Waals surface area contributed by atoms with E-state index in [0.717, 1.165) is 34.6 Å². The van der Waals surface area contributed by atoms with Gasteiger partial charge in [-0.1, -0.05) is 23.7 Å². The molecule has 0 bridgehead atoms. The molecule has 1 aliphatic carbocycles. The second kappa shape index (κ2) is 9.47. The van der Waals surface area contributed by atoms with Crippen LogP contribution in [0.15, 0.2) is 55.0 Å². The Morgan fingerprint density at radius 1 is 1.14 bits per heavy atom. The molecule has 1 unspecified atom stereocenters. The summed E-state index contributed by atoms with van der Waals surface area (Å²) in [6.45, 7) is 0. The third-order valence-electron chi connectivity index (χ3n) is 6.27. The molecule has 1 atom stereocenters. The highest BCUT2D eigenvalue weighted by Gasteiger charge is 2.32. The Labute approximate surface area is 215 Å². The zero-order valence-electron chi connectivity index (χ0n) is 19.8. The molecule has 5 rings (SSSR count). The summed E-state index contributed by atoms with van der Waals surface area (Å²) < 4.78 is 48.9. The van der Waals surface area contributed by atoms with Crippen LogP contribution in [0.1, 0.15) is 29.2 Å². The number of ether oxygens (including phenoxy) is 2. The normalized spacial score (nSPS) is 14.9. The van der Waals surface area contributed by atoms with E-state index in [1.807, 2.05) is 25.2 Å². The van der Waals surface area contributed by atoms with Crippen molar-refractivity contribution in [3.05, 3.63) is 77.0 Å². The first-order valence-corrected chi connectivity index (χ1v) is 11.6. The fourth-order valence-corrected chi connectivity index (χ4v) is 4.64. The van der Waals surface area contributed by atoms with Crippen molar-refractivity contribution >= 4 is 29.1 Å². The molecule has 0 radical (unpaired) electrons. The van der Waals surface area contributed by atoms with Gasteiger partial charge in [-0.3, -0.25) is 0 Å². The predicted octanol–water partition coefficient (Wildman–Crippen LogP) is 5.65.